The molecule has 1 aliphatic carbocycles. The van der Waals surface area contributed by atoms with Crippen molar-refractivity contribution < 1.29 is 23.8 Å². The number of anilines is 1. The van der Waals surface area contributed by atoms with Gasteiger partial charge in [0.25, 0.3) is 0 Å². The van der Waals surface area contributed by atoms with Gasteiger partial charge in [-0.25, -0.2) is 4.79 Å². The van der Waals surface area contributed by atoms with E-state index in [1.54, 1.807) is 4.90 Å². The van der Waals surface area contributed by atoms with Crippen molar-refractivity contribution in [3.63, 3.8) is 0 Å². The molecular weight excluding hydrogens is 446 g/mol. The molecule has 0 spiro atoms. The molecule has 0 aromatic carbocycles. The summed E-state index contributed by atoms with van der Waals surface area (Å²) in [5.74, 6) is -0.472. The van der Waals surface area contributed by atoms with Crippen LogP contribution in [0.25, 0.3) is 0 Å². The van der Waals surface area contributed by atoms with Crippen molar-refractivity contribution in [3.05, 3.63) is 14.7 Å². The van der Waals surface area contributed by atoms with Crippen molar-refractivity contribution in [2.24, 2.45) is 11.8 Å². The minimum absolute atomic E-state index is 0.0410. The van der Waals surface area contributed by atoms with E-state index in [9.17, 15) is 9.59 Å². The Morgan fingerprint density at radius 3 is 2.39 bits per heavy atom. The van der Waals surface area contributed by atoms with E-state index in [1.165, 1.54) is 18.4 Å². The number of esters is 1. The predicted molar refractivity (Wildman–Crippen MR) is 112 cm³/mol. The number of amides is 1. The highest BCUT2D eigenvalue weighted by atomic mass is 79.9. The van der Waals surface area contributed by atoms with E-state index in [0.29, 0.717) is 29.7 Å². The minimum atomic E-state index is -0.675. The predicted octanol–water partition coefficient (Wildman–Crippen LogP) is 4.61. The van der Waals surface area contributed by atoms with Crippen LogP contribution >= 0.6 is 27.3 Å². The van der Waals surface area contributed by atoms with Gasteiger partial charge in [-0.3, -0.25) is 4.79 Å². The summed E-state index contributed by atoms with van der Waals surface area (Å²) in [6.45, 7) is 6.67. The Morgan fingerprint density at radius 1 is 1.21 bits per heavy atom. The van der Waals surface area contributed by atoms with E-state index >= 15 is 0 Å². The standard InChI is InChI=1S/C20H28BrNO5S/c1-12-5-7-13(8-6-12)18(23)22(14-10-26-20(2,3)27-11-14)15-9-16(21)28-17(15)19(24)25-4/h9,12-14H,5-8,10-11H2,1-4H3/t12-,13-. The highest BCUT2D eigenvalue weighted by molar-refractivity contribution is 9.11. The summed E-state index contributed by atoms with van der Waals surface area (Å²) in [7, 11) is 1.35. The first-order valence-corrected chi connectivity index (χ1v) is 11.3. The van der Waals surface area contributed by atoms with Gasteiger partial charge in [0.2, 0.25) is 5.91 Å². The molecule has 1 saturated carbocycles. The van der Waals surface area contributed by atoms with Crippen molar-refractivity contribution in [1.29, 1.82) is 0 Å². The summed E-state index contributed by atoms with van der Waals surface area (Å²) >= 11 is 4.72. The number of nitrogens with zero attached hydrogens (tertiary/aromatic N) is 1. The summed E-state index contributed by atoms with van der Waals surface area (Å²) in [6.07, 6.45) is 3.84. The highest BCUT2D eigenvalue weighted by Crippen LogP contribution is 2.39. The third-order valence-corrected chi connectivity index (χ3v) is 7.13. The summed E-state index contributed by atoms with van der Waals surface area (Å²) in [5.41, 5.74) is 0.573. The van der Waals surface area contributed by atoms with Crippen LogP contribution in [0.5, 0.6) is 0 Å². The van der Waals surface area contributed by atoms with Gasteiger partial charge in [-0.15, -0.1) is 11.3 Å². The maximum absolute atomic E-state index is 13.6. The lowest BCUT2D eigenvalue weighted by Gasteiger charge is -2.41. The van der Waals surface area contributed by atoms with Crippen molar-refractivity contribution in [3.8, 4) is 0 Å². The summed E-state index contributed by atoms with van der Waals surface area (Å²) < 4.78 is 17.4. The molecule has 0 atom stereocenters. The highest BCUT2D eigenvalue weighted by Gasteiger charge is 2.39. The van der Waals surface area contributed by atoms with E-state index in [-0.39, 0.29) is 17.9 Å². The van der Waals surface area contributed by atoms with Gasteiger partial charge in [0.05, 0.1) is 35.8 Å². The number of hydrogen-bond acceptors (Lipinski definition) is 6. The smallest absolute Gasteiger partial charge is 0.350 e. The van der Waals surface area contributed by atoms with Crippen LogP contribution in [0.3, 0.4) is 0 Å². The first kappa shape index (κ1) is 21.7. The number of ether oxygens (including phenoxy) is 3. The molecule has 1 saturated heterocycles. The molecule has 2 fully saturated rings. The van der Waals surface area contributed by atoms with Crippen LogP contribution in [0.4, 0.5) is 5.69 Å². The van der Waals surface area contributed by atoms with Crippen molar-refractivity contribution in [2.45, 2.75) is 58.3 Å². The summed E-state index contributed by atoms with van der Waals surface area (Å²) in [4.78, 5) is 28.1. The average Bonchev–Trinajstić information content (AvgIpc) is 3.04. The fourth-order valence-electron chi connectivity index (χ4n) is 3.80. The second-order valence-corrected chi connectivity index (χ2v) is 10.5. The molecule has 2 aliphatic rings. The number of carbonyl (C=O) groups excluding carboxylic acids is 2. The first-order valence-electron chi connectivity index (χ1n) is 9.70. The number of rotatable bonds is 4. The van der Waals surface area contributed by atoms with Gasteiger partial charge in [-0.1, -0.05) is 6.92 Å². The Morgan fingerprint density at radius 2 is 1.82 bits per heavy atom. The molecule has 28 heavy (non-hydrogen) atoms. The largest absolute Gasteiger partial charge is 0.465 e. The topological polar surface area (TPSA) is 65.1 Å². The van der Waals surface area contributed by atoms with Gasteiger partial charge in [0.1, 0.15) is 4.88 Å². The molecule has 156 valence electrons. The lowest BCUT2D eigenvalue weighted by Crippen LogP contribution is -2.54. The van der Waals surface area contributed by atoms with Gasteiger partial charge in [0.15, 0.2) is 5.79 Å². The average molecular weight is 474 g/mol. The minimum Gasteiger partial charge on any atom is -0.465 e. The van der Waals surface area contributed by atoms with Crippen LogP contribution in [0.2, 0.25) is 0 Å². The van der Waals surface area contributed by atoms with Crippen molar-refractivity contribution in [1.82, 2.24) is 0 Å². The third-order valence-electron chi connectivity index (χ3n) is 5.53. The van der Waals surface area contributed by atoms with Crippen molar-refractivity contribution >= 4 is 44.8 Å². The molecule has 8 heteroatoms. The number of thiophene rings is 1. The van der Waals surface area contributed by atoms with E-state index in [1.807, 2.05) is 19.9 Å². The Kier molecular flexibility index (Phi) is 6.84. The summed E-state index contributed by atoms with van der Waals surface area (Å²) in [5, 5.41) is 0. The van der Waals surface area contributed by atoms with Crippen LogP contribution in [-0.4, -0.2) is 44.0 Å². The summed E-state index contributed by atoms with van der Waals surface area (Å²) in [6, 6.07) is 1.53. The molecule has 6 nitrogen and oxygen atoms in total. The fraction of sp³-hybridized carbons (Fsp3) is 0.700. The third kappa shape index (κ3) is 4.78. The van der Waals surface area contributed by atoms with Crippen LogP contribution in [0.15, 0.2) is 9.85 Å². The quantitative estimate of drug-likeness (QED) is 0.597. The molecule has 0 radical (unpaired) electrons. The maximum Gasteiger partial charge on any atom is 0.350 e. The number of methoxy groups -OCH3 is 1. The van der Waals surface area contributed by atoms with Gasteiger partial charge in [-0.2, -0.15) is 0 Å². The van der Waals surface area contributed by atoms with E-state index in [0.717, 1.165) is 29.5 Å². The van der Waals surface area contributed by atoms with E-state index in [2.05, 4.69) is 22.9 Å². The molecule has 1 amide bonds. The molecule has 1 aliphatic heterocycles. The maximum atomic E-state index is 13.6. The van der Waals surface area contributed by atoms with Gasteiger partial charge < -0.3 is 19.1 Å². The normalized spacial score (nSPS) is 25.3. The molecule has 0 bridgehead atoms. The molecule has 1 aromatic rings. The van der Waals surface area contributed by atoms with Crippen LogP contribution in [-0.2, 0) is 19.0 Å². The lowest BCUT2D eigenvalue weighted by molar-refractivity contribution is -0.250. The number of carbonyl (C=O) groups is 2. The lowest BCUT2D eigenvalue weighted by atomic mass is 9.82. The van der Waals surface area contributed by atoms with Gasteiger partial charge in [-0.05, 0) is 67.4 Å². The molecule has 1 aromatic heterocycles. The Balaban J connectivity index is 1.93. The van der Waals surface area contributed by atoms with E-state index < -0.39 is 11.8 Å². The zero-order valence-corrected chi connectivity index (χ0v) is 19.2. The van der Waals surface area contributed by atoms with Gasteiger partial charge >= 0.3 is 5.97 Å². The Hall–Kier alpha value is -0.960. The monoisotopic (exact) mass is 473 g/mol. The second-order valence-electron chi connectivity index (χ2n) is 8.10. The molecule has 3 rings (SSSR count). The second kappa shape index (κ2) is 8.81. The number of hydrogen-bond donors (Lipinski definition) is 0. The zero-order valence-electron chi connectivity index (χ0n) is 16.8. The Labute approximate surface area is 178 Å². The fourth-order valence-corrected chi connectivity index (χ4v) is 5.30. The van der Waals surface area contributed by atoms with Crippen molar-refractivity contribution in [2.75, 3.05) is 25.2 Å². The first-order chi connectivity index (χ1) is 13.2. The molecule has 0 N–H and O–H groups in total. The van der Waals surface area contributed by atoms with Gasteiger partial charge in [0, 0.05) is 5.92 Å². The van der Waals surface area contributed by atoms with Crippen LogP contribution in [0.1, 0.15) is 56.1 Å². The van der Waals surface area contributed by atoms with Crippen LogP contribution < -0.4 is 4.90 Å². The Bertz CT molecular complexity index is 716. The SMILES string of the molecule is COC(=O)c1sc(Br)cc1N(C(=O)[C@H]1CC[C@H](C)CC1)C1COC(C)(C)OC1. The van der Waals surface area contributed by atoms with Crippen LogP contribution in [0, 0.1) is 11.8 Å². The molecule has 0 unspecified atom stereocenters. The number of halogens is 1. The zero-order chi connectivity index (χ0) is 20.5. The van der Waals surface area contributed by atoms with E-state index in [4.69, 9.17) is 14.2 Å². The molecule has 2 heterocycles. The molecular formula is C20H28BrNO5S.